The number of benzene rings is 1. The van der Waals surface area contributed by atoms with Crippen LogP contribution in [0.25, 0.3) is 10.9 Å². The first kappa shape index (κ1) is 18.8. The largest absolute Gasteiger partial charge is 0.326 e. The van der Waals surface area contributed by atoms with Crippen LogP contribution in [0.3, 0.4) is 0 Å². The first-order chi connectivity index (χ1) is 13.4. The van der Waals surface area contributed by atoms with Crippen molar-refractivity contribution in [2.75, 3.05) is 0 Å². The number of nitrogens with one attached hydrogen (secondary N) is 2. The molecule has 0 amide bonds. The highest BCUT2D eigenvalue weighted by Crippen LogP contribution is 2.25. The fraction of sp³-hybridized carbons (Fsp3) is 0.111. The molecule has 0 aliphatic carbocycles. The number of sulfonamides is 1. The number of fused-ring (bicyclic) bond motifs is 1. The molecule has 7 nitrogen and oxygen atoms in total. The molecule has 0 saturated carbocycles. The van der Waals surface area contributed by atoms with Gasteiger partial charge < -0.3 is 4.98 Å². The number of rotatable bonds is 6. The van der Waals surface area contributed by atoms with Gasteiger partial charge in [-0.05, 0) is 41.1 Å². The Kier molecular flexibility index (Phi) is 5.02. The van der Waals surface area contributed by atoms with Gasteiger partial charge in [-0.2, -0.15) is 4.31 Å². The molecule has 0 spiro atoms. The molecule has 0 bridgehead atoms. The molecule has 0 aliphatic rings. The van der Waals surface area contributed by atoms with Crippen LogP contribution in [0.5, 0.6) is 0 Å². The second kappa shape index (κ2) is 7.47. The number of nitrogens with zero attached hydrogens (tertiary/aromatic N) is 1. The molecule has 3 heterocycles. The molecule has 4 aromatic rings. The van der Waals surface area contributed by atoms with Crippen molar-refractivity contribution in [3.8, 4) is 0 Å². The quantitative estimate of drug-likeness (QED) is 0.488. The van der Waals surface area contributed by atoms with Crippen LogP contribution in [0.15, 0.2) is 67.7 Å². The monoisotopic (exact) mass is 433 g/mol. The minimum atomic E-state index is -3.87. The Morgan fingerprint density at radius 1 is 0.893 bits per heavy atom. The number of thiophene rings is 2. The number of hydrogen-bond acceptors (Lipinski definition) is 6. The van der Waals surface area contributed by atoms with Crippen LogP contribution in [0, 0.1) is 0 Å². The van der Waals surface area contributed by atoms with E-state index in [2.05, 4.69) is 9.97 Å². The van der Waals surface area contributed by atoms with Gasteiger partial charge in [0.2, 0.25) is 10.0 Å². The van der Waals surface area contributed by atoms with Gasteiger partial charge in [-0.1, -0.05) is 12.1 Å². The van der Waals surface area contributed by atoms with E-state index >= 15 is 0 Å². The van der Waals surface area contributed by atoms with Crippen LogP contribution >= 0.6 is 22.7 Å². The van der Waals surface area contributed by atoms with E-state index in [0.717, 1.165) is 9.75 Å². The predicted octanol–water partition coefficient (Wildman–Crippen LogP) is 2.73. The van der Waals surface area contributed by atoms with Crippen molar-refractivity contribution in [3.63, 3.8) is 0 Å². The minimum Gasteiger partial charge on any atom is -0.307 e. The second-order valence-corrected chi connectivity index (χ2v) is 10.0. The van der Waals surface area contributed by atoms with E-state index in [1.165, 1.54) is 45.2 Å². The van der Waals surface area contributed by atoms with Gasteiger partial charge in [-0.3, -0.25) is 9.78 Å². The Bertz CT molecular complexity index is 1280. The van der Waals surface area contributed by atoms with Crippen molar-refractivity contribution in [3.05, 3.63) is 83.8 Å². The van der Waals surface area contributed by atoms with Crippen LogP contribution in [0.4, 0.5) is 0 Å². The van der Waals surface area contributed by atoms with Crippen LogP contribution in [-0.4, -0.2) is 22.7 Å². The van der Waals surface area contributed by atoms with E-state index in [0.29, 0.717) is 0 Å². The zero-order valence-corrected chi connectivity index (χ0v) is 16.9. The molecule has 10 heteroatoms. The zero-order chi connectivity index (χ0) is 19.7. The van der Waals surface area contributed by atoms with Gasteiger partial charge in [0, 0.05) is 22.8 Å². The summed E-state index contributed by atoms with van der Waals surface area (Å²) in [6.45, 7) is 0.468. The van der Waals surface area contributed by atoms with E-state index < -0.39 is 21.3 Å². The molecule has 0 saturated heterocycles. The zero-order valence-electron chi connectivity index (χ0n) is 14.4. The summed E-state index contributed by atoms with van der Waals surface area (Å²) in [6, 6.07) is 11.7. The van der Waals surface area contributed by atoms with Gasteiger partial charge in [-0.15, -0.1) is 22.7 Å². The second-order valence-electron chi connectivity index (χ2n) is 6.05. The average molecular weight is 434 g/mol. The molecule has 2 N–H and O–H groups in total. The highest BCUT2D eigenvalue weighted by Gasteiger charge is 2.26. The lowest BCUT2D eigenvalue weighted by Crippen LogP contribution is -2.30. The SMILES string of the molecule is O=c1[nH]c(=O)c2cc(S(=O)(=O)N(Cc3cccs3)Cc3cccs3)ccc2[nH]1. The standard InChI is InChI=1S/C18H15N3O4S3/c22-17-15-9-14(5-6-16(15)19-18(23)20-17)28(24,25)21(10-12-3-1-7-26-12)11-13-4-2-8-27-13/h1-9H,10-11H2,(H2,19,20,22,23). The van der Waals surface area contributed by atoms with Crippen LogP contribution in [0.1, 0.15) is 9.75 Å². The van der Waals surface area contributed by atoms with Crippen molar-refractivity contribution in [2.24, 2.45) is 0 Å². The third-order valence-corrected chi connectivity index (χ3v) is 7.68. The molecule has 4 rings (SSSR count). The number of aromatic amines is 2. The fourth-order valence-corrected chi connectivity index (χ4v) is 5.86. The Labute approximate surface area is 168 Å². The molecule has 0 fully saturated rings. The topological polar surface area (TPSA) is 103 Å². The first-order valence-corrected chi connectivity index (χ1v) is 11.4. The molecular formula is C18H15N3O4S3. The van der Waals surface area contributed by atoms with Crippen molar-refractivity contribution in [2.45, 2.75) is 18.0 Å². The van der Waals surface area contributed by atoms with E-state index in [4.69, 9.17) is 0 Å². The van der Waals surface area contributed by atoms with Gasteiger partial charge in [0.05, 0.1) is 15.8 Å². The third kappa shape index (κ3) is 3.72. The molecule has 0 unspecified atom stereocenters. The first-order valence-electron chi connectivity index (χ1n) is 8.25. The van der Waals surface area contributed by atoms with Gasteiger partial charge in [0.1, 0.15) is 0 Å². The van der Waals surface area contributed by atoms with Crippen LogP contribution in [-0.2, 0) is 23.1 Å². The van der Waals surface area contributed by atoms with E-state index in [-0.39, 0.29) is 28.9 Å². The highest BCUT2D eigenvalue weighted by molar-refractivity contribution is 7.89. The lowest BCUT2D eigenvalue weighted by Gasteiger charge is -2.21. The van der Waals surface area contributed by atoms with E-state index in [9.17, 15) is 18.0 Å². The van der Waals surface area contributed by atoms with Crippen molar-refractivity contribution in [1.29, 1.82) is 0 Å². The smallest absolute Gasteiger partial charge is 0.307 e. The molecular weight excluding hydrogens is 418 g/mol. The summed E-state index contributed by atoms with van der Waals surface area (Å²) >= 11 is 2.97. The molecule has 0 atom stereocenters. The molecule has 0 radical (unpaired) electrons. The Hall–Kier alpha value is -2.53. The summed E-state index contributed by atoms with van der Waals surface area (Å²) in [6.07, 6.45) is 0. The lowest BCUT2D eigenvalue weighted by atomic mass is 10.2. The lowest BCUT2D eigenvalue weighted by molar-refractivity contribution is 0.407. The summed E-state index contributed by atoms with van der Waals surface area (Å²) in [5.74, 6) is 0. The van der Waals surface area contributed by atoms with E-state index in [1.807, 2.05) is 35.0 Å². The van der Waals surface area contributed by atoms with E-state index in [1.54, 1.807) is 0 Å². The van der Waals surface area contributed by atoms with Crippen molar-refractivity contribution in [1.82, 2.24) is 14.3 Å². The van der Waals surface area contributed by atoms with Crippen molar-refractivity contribution < 1.29 is 8.42 Å². The number of hydrogen-bond donors (Lipinski definition) is 2. The fourth-order valence-electron chi connectivity index (χ4n) is 2.83. The highest BCUT2D eigenvalue weighted by atomic mass is 32.2. The van der Waals surface area contributed by atoms with Gasteiger partial charge >= 0.3 is 5.69 Å². The minimum absolute atomic E-state index is 0.00524. The Morgan fingerprint density at radius 3 is 2.11 bits per heavy atom. The normalized spacial score (nSPS) is 12.0. The average Bonchev–Trinajstić information content (AvgIpc) is 3.34. The molecule has 144 valence electrons. The van der Waals surface area contributed by atoms with Crippen LogP contribution in [0.2, 0.25) is 0 Å². The van der Waals surface area contributed by atoms with Gasteiger partial charge in [0.25, 0.3) is 5.56 Å². The summed E-state index contributed by atoms with van der Waals surface area (Å²) < 4.78 is 28.1. The van der Waals surface area contributed by atoms with Gasteiger partial charge in [-0.25, -0.2) is 13.2 Å². The number of H-pyrrole nitrogens is 2. The Morgan fingerprint density at radius 2 is 1.54 bits per heavy atom. The summed E-state index contributed by atoms with van der Waals surface area (Å²) in [5, 5.41) is 3.92. The molecule has 3 aromatic heterocycles. The summed E-state index contributed by atoms with van der Waals surface area (Å²) in [7, 11) is -3.87. The maximum Gasteiger partial charge on any atom is 0.326 e. The Balaban J connectivity index is 1.78. The molecule has 1 aromatic carbocycles. The molecule has 28 heavy (non-hydrogen) atoms. The summed E-state index contributed by atoms with van der Waals surface area (Å²) in [5.41, 5.74) is -0.972. The summed E-state index contributed by atoms with van der Waals surface area (Å²) in [4.78, 5) is 30.0. The van der Waals surface area contributed by atoms with Crippen molar-refractivity contribution >= 4 is 43.6 Å². The number of aromatic nitrogens is 2. The molecule has 0 aliphatic heterocycles. The predicted molar refractivity (Wildman–Crippen MR) is 110 cm³/mol. The van der Waals surface area contributed by atoms with Crippen LogP contribution < -0.4 is 11.2 Å². The van der Waals surface area contributed by atoms with Gasteiger partial charge in [0.15, 0.2) is 0 Å². The maximum atomic E-state index is 13.4. The maximum absolute atomic E-state index is 13.4. The third-order valence-electron chi connectivity index (χ3n) is 4.17.